The van der Waals surface area contributed by atoms with Gasteiger partial charge < -0.3 is 15.3 Å². The predicted molar refractivity (Wildman–Crippen MR) is 116 cm³/mol. The molecule has 1 amide bonds. The third-order valence-electron chi connectivity index (χ3n) is 5.66. The average molecular weight is 424 g/mol. The molecule has 152 valence electrons. The van der Waals surface area contributed by atoms with E-state index in [1.54, 1.807) is 4.90 Å². The fourth-order valence-electron chi connectivity index (χ4n) is 4.44. The van der Waals surface area contributed by atoms with Gasteiger partial charge in [-0.25, -0.2) is 4.79 Å². The summed E-state index contributed by atoms with van der Waals surface area (Å²) in [5.74, 6) is 0.268. The SMILES string of the molecule is Cl.Cl.O=C(O)N1CCN2C(CNCC2C(c2ccccc2)c2ccccc2)C1. The van der Waals surface area contributed by atoms with Gasteiger partial charge in [-0.1, -0.05) is 60.7 Å². The molecule has 4 rings (SSSR count). The van der Waals surface area contributed by atoms with Crippen LogP contribution in [0.2, 0.25) is 0 Å². The summed E-state index contributed by atoms with van der Waals surface area (Å²) < 4.78 is 0. The van der Waals surface area contributed by atoms with Gasteiger partial charge in [0, 0.05) is 50.7 Å². The van der Waals surface area contributed by atoms with Crippen LogP contribution in [0.5, 0.6) is 0 Å². The summed E-state index contributed by atoms with van der Waals surface area (Å²) in [7, 11) is 0. The average Bonchev–Trinajstić information content (AvgIpc) is 2.69. The Hall–Kier alpha value is -1.79. The minimum Gasteiger partial charge on any atom is -0.465 e. The maximum atomic E-state index is 11.4. The van der Waals surface area contributed by atoms with Crippen molar-refractivity contribution in [1.29, 1.82) is 0 Å². The minimum atomic E-state index is -0.811. The topological polar surface area (TPSA) is 55.8 Å². The Morgan fingerprint density at radius 1 is 0.929 bits per heavy atom. The summed E-state index contributed by atoms with van der Waals surface area (Å²) in [5.41, 5.74) is 2.62. The van der Waals surface area contributed by atoms with Crippen LogP contribution in [0.4, 0.5) is 4.79 Å². The number of hydrogen-bond acceptors (Lipinski definition) is 3. The molecule has 0 aliphatic carbocycles. The summed E-state index contributed by atoms with van der Waals surface area (Å²) in [6.07, 6.45) is -0.811. The molecule has 2 aliphatic heterocycles. The fraction of sp³-hybridized carbons (Fsp3) is 0.381. The van der Waals surface area contributed by atoms with Gasteiger partial charge in [0.05, 0.1) is 0 Å². The highest BCUT2D eigenvalue weighted by Crippen LogP contribution is 2.33. The molecule has 2 aromatic rings. The first-order chi connectivity index (χ1) is 12.7. The number of rotatable bonds is 3. The maximum Gasteiger partial charge on any atom is 0.407 e. The highest BCUT2D eigenvalue weighted by molar-refractivity contribution is 5.85. The molecule has 2 N–H and O–H groups in total. The molecule has 5 nitrogen and oxygen atoms in total. The first-order valence-electron chi connectivity index (χ1n) is 9.28. The van der Waals surface area contributed by atoms with Gasteiger partial charge in [0.1, 0.15) is 0 Å². The predicted octanol–water partition coefficient (Wildman–Crippen LogP) is 3.30. The Labute approximate surface area is 178 Å². The number of fused-ring (bicyclic) bond motifs is 1. The number of halogens is 2. The van der Waals surface area contributed by atoms with E-state index in [-0.39, 0.29) is 36.8 Å². The molecule has 2 atom stereocenters. The van der Waals surface area contributed by atoms with Crippen molar-refractivity contribution in [3.05, 3.63) is 71.8 Å². The summed E-state index contributed by atoms with van der Waals surface area (Å²) in [5, 5.41) is 12.9. The monoisotopic (exact) mass is 423 g/mol. The molecule has 28 heavy (non-hydrogen) atoms. The van der Waals surface area contributed by atoms with Gasteiger partial charge in [-0.2, -0.15) is 0 Å². The lowest BCUT2D eigenvalue weighted by molar-refractivity contribution is 0.0179. The summed E-state index contributed by atoms with van der Waals surface area (Å²) in [6, 6.07) is 21.9. The zero-order valence-corrected chi connectivity index (χ0v) is 17.2. The van der Waals surface area contributed by atoms with Crippen LogP contribution in [0, 0.1) is 0 Å². The van der Waals surface area contributed by atoms with E-state index >= 15 is 0 Å². The molecular formula is C21H27Cl2N3O2. The highest BCUT2D eigenvalue weighted by Gasteiger charge is 2.40. The lowest BCUT2D eigenvalue weighted by atomic mass is 9.82. The van der Waals surface area contributed by atoms with Crippen LogP contribution >= 0.6 is 24.8 Å². The molecule has 2 heterocycles. The number of benzene rings is 2. The van der Waals surface area contributed by atoms with E-state index in [1.165, 1.54) is 11.1 Å². The van der Waals surface area contributed by atoms with Gasteiger partial charge in [0.2, 0.25) is 0 Å². The van der Waals surface area contributed by atoms with Crippen molar-refractivity contribution < 1.29 is 9.90 Å². The van der Waals surface area contributed by atoms with E-state index in [4.69, 9.17) is 0 Å². The summed E-state index contributed by atoms with van der Waals surface area (Å²) in [4.78, 5) is 15.4. The zero-order chi connectivity index (χ0) is 17.9. The minimum absolute atomic E-state index is 0. The van der Waals surface area contributed by atoms with Crippen LogP contribution in [0.3, 0.4) is 0 Å². The van der Waals surface area contributed by atoms with Gasteiger partial charge in [-0.3, -0.25) is 4.90 Å². The molecule has 0 spiro atoms. The molecule has 2 saturated heterocycles. The molecular weight excluding hydrogens is 397 g/mol. The van der Waals surface area contributed by atoms with Crippen LogP contribution in [0.25, 0.3) is 0 Å². The molecule has 0 saturated carbocycles. The van der Waals surface area contributed by atoms with E-state index in [9.17, 15) is 9.90 Å². The van der Waals surface area contributed by atoms with Crippen LogP contribution in [0.15, 0.2) is 60.7 Å². The molecule has 0 bridgehead atoms. The van der Waals surface area contributed by atoms with Crippen LogP contribution in [-0.4, -0.2) is 65.8 Å². The lowest BCUT2D eigenvalue weighted by Gasteiger charge is -2.50. The molecule has 0 radical (unpaired) electrons. The number of piperazine rings is 2. The van der Waals surface area contributed by atoms with Gasteiger partial charge in [-0.05, 0) is 11.1 Å². The largest absolute Gasteiger partial charge is 0.465 e. The van der Waals surface area contributed by atoms with E-state index in [0.29, 0.717) is 19.1 Å². The van der Waals surface area contributed by atoms with Gasteiger partial charge >= 0.3 is 6.09 Å². The molecule has 0 aromatic heterocycles. The third-order valence-corrected chi connectivity index (χ3v) is 5.66. The van der Waals surface area contributed by atoms with E-state index in [2.05, 4.69) is 70.9 Å². The van der Waals surface area contributed by atoms with Crippen molar-refractivity contribution in [3.8, 4) is 0 Å². The van der Waals surface area contributed by atoms with Crippen molar-refractivity contribution in [2.24, 2.45) is 0 Å². The van der Waals surface area contributed by atoms with Crippen molar-refractivity contribution in [3.63, 3.8) is 0 Å². The second-order valence-electron chi connectivity index (χ2n) is 7.14. The third kappa shape index (κ3) is 4.61. The number of carboxylic acid groups (broad SMARTS) is 1. The summed E-state index contributed by atoms with van der Waals surface area (Å²) in [6.45, 7) is 3.71. The maximum absolute atomic E-state index is 11.4. The number of carbonyl (C=O) groups is 1. The standard InChI is InChI=1S/C21H25N3O2.2ClH/c25-21(26)23-11-12-24-18(15-23)13-22-14-19(24)20(16-7-3-1-4-8-16)17-9-5-2-6-10-17;;/h1-10,18-20,22H,11-15H2,(H,25,26);2*1H. The quantitative estimate of drug-likeness (QED) is 0.794. The Bertz CT molecular complexity index is 708. The van der Waals surface area contributed by atoms with E-state index in [0.717, 1.165) is 19.6 Å². The van der Waals surface area contributed by atoms with Crippen LogP contribution < -0.4 is 5.32 Å². The first kappa shape index (κ1) is 22.5. The van der Waals surface area contributed by atoms with E-state index < -0.39 is 6.09 Å². The van der Waals surface area contributed by atoms with Crippen molar-refractivity contribution in [2.45, 2.75) is 18.0 Å². The number of nitrogens with one attached hydrogen (secondary N) is 1. The highest BCUT2D eigenvalue weighted by atomic mass is 35.5. The van der Waals surface area contributed by atoms with Crippen molar-refractivity contribution in [1.82, 2.24) is 15.1 Å². The van der Waals surface area contributed by atoms with Crippen molar-refractivity contribution in [2.75, 3.05) is 32.7 Å². The second kappa shape index (κ2) is 10.1. The number of amides is 1. The Morgan fingerprint density at radius 3 is 2.04 bits per heavy atom. The fourth-order valence-corrected chi connectivity index (χ4v) is 4.44. The first-order valence-corrected chi connectivity index (χ1v) is 9.28. The molecule has 2 fully saturated rings. The normalized spacial score (nSPS) is 22.0. The Kier molecular flexibility index (Phi) is 8.13. The van der Waals surface area contributed by atoms with Crippen molar-refractivity contribution >= 4 is 30.9 Å². The Morgan fingerprint density at radius 2 is 1.50 bits per heavy atom. The lowest BCUT2D eigenvalue weighted by Crippen LogP contribution is -2.66. The summed E-state index contributed by atoms with van der Waals surface area (Å²) >= 11 is 0. The zero-order valence-electron chi connectivity index (χ0n) is 15.6. The molecule has 2 aromatic carbocycles. The van der Waals surface area contributed by atoms with Gasteiger partial charge in [-0.15, -0.1) is 24.8 Å². The Balaban J connectivity index is 0.00000140. The van der Waals surface area contributed by atoms with Crippen LogP contribution in [0.1, 0.15) is 17.0 Å². The van der Waals surface area contributed by atoms with E-state index in [1.807, 2.05) is 0 Å². The second-order valence-corrected chi connectivity index (χ2v) is 7.14. The molecule has 2 aliphatic rings. The smallest absolute Gasteiger partial charge is 0.407 e. The molecule has 2 unspecified atom stereocenters. The molecule has 7 heteroatoms. The van der Waals surface area contributed by atoms with Gasteiger partial charge in [0.15, 0.2) is 0 Å². The number of nitrogens with zero attached hydrogens (tertiary/aromatic N) is 2. The van der Waals surface area contributed by atoms with Crippen LogP contribution in [-0.2, 0) is 0 Å². The number of hydrogen-bond donors (Lipinski definition) is 2. The van der Waals surface area contributed by atoms with Gasteiger partial charge in [0.25, 0.3) is 0 Å².